The summed E-state index contributed by atoms with van der Waals surface area (Å²) in [5, 5.41) is 10.7. The van der Waals surface area contributed by atoms with E-state index in [1.807, 2.05) is 6.07 Å². The van der Waals surface area contributed by atoms with Gasteiger partial charge in [-0.2, -0.15) is 0 Å². The van der Waals surface area contributed by atoms with Crippen molar-refractivity contribution in [3.05, 3.63) is 39.4 Å². The van der Waals surface area contributed by atoms with Crippen molar-refractivity contribution in [1.29, 1.82) is 0 Å². The van der Waals surface area contributed by atoms with Crippen LogP contribution in [0.5, 0.6) is 0 Å². The largest absolute Gasteiger partial charge is 0.272 e. The van der Waals surface area contributed by atoms with E-state index in [-0.39, 0.29) is 16.0 Å². The first-order valence-corrected chi connectivity index (χ1v) is 5.73. The molecule has 1 atom stereocenters. The van der Waals surface area contributed by atoms with Crippen molar-refractivity contribution < 1.29 is 4.92 Å². The van der Waals surface area contributed by atoms with Gasteiger partial charge in [0.05, 0.1) is 4.92 Å². The van der Waals surface area contributed by atoms with Crippen LogP contribution in [0.1, 0.15) is 25.0 Å². The normalized spacial score (nSPS) is 12.8. The van der Waals surface area contributed by atoms with E-state index in [2.05, 4.69) is 13.8 Å². The molecule has 0 spiro atoms. The predicted octanol–water partition coefficient (Wildman–Crippen LogP) is 3.71. The van der Waals surface area contributed by atoms with Crippen molar-refractivity contribution in [3.8, 4) is 0 Å². The number of hydrogen-bond donors (Lipinski definition) is 0. The fourth-order valence-electron chi connectivity index (χ4n) is 1.51. The van der Waals surface area contributed by atoms with Gasteiger partial charge in [-0.15, -0.1) is 11.6 Å². The number of benzene rings is 1. The Labute approximate surface area is 101 Å². The molecule has 88 valence electrons. The van der Waals surface area contributed by atoms with Gasteiger partial charge in [0.1, 0.15) is 0 Å². The average molecular weight is 242 g/mol. The van der Waals surface area contributed by atoms with Crippen LogP contribution in [0.25, 0.3) is 0 Å². The quantitative estimate of drug-likeness (QED) is 0.458. The number of hydrogen-bond acceptors (Lipinski definition) is 2. The fourth-order valence-corrected chi connectivity index (χ4v) is 1.69. The first kappa shape index (κ1) is 13.0. The molecule has 1 aromatic carbocycles. The molecule has 0 saturated heterocycles. The van der Waals surface area contributed by atoms with Crippen molar-refractivity contribution in [2.24, 2.45) is 5.92 Å². The van der Waals surface area contributed by atoms with Gasteiger partial charge in [-0.3, -0.25) is 10.1 Å². The summed E-state index contributed by atoms with van der Waals surface area (Å²) in [4.78, 5) is 10.3. The van der Waals surface area contributed by atoms with Crippen LogP contribution in [-0.2, 0) is 6.42 Å². The van der Waals surface area contributed by atoms with E-state index in [1.165, 1.54) is 0 Å². The summed E-state index contributed by atoms with van der Waals surface area (Å²) in [6.45, 7) is 5.88. The van der Waals surface area contributed by atoms with Crippen molar-refractivity contribution in [2.45, 2.75) is 32.6 Å². The highest BCUT2D eigenvalue weighted by Crippen LogP contribution is 2.22. The molecular weight excluding hydrogens is 226 g/mol. The van der Waals surface area contributed by atoms with Gasteiger partial charge < -0.3 is 0 Å². The molecule has 0 saturated carbocycles. The number of nitro groups is 1. The molecule has 0 aliphatic rings. The van der Waals surface area contributed by atoms with E-state index >= 15 is 0 Å². The second-order valence-corrected chi connectivity index (χ2v) is 4.90. The summed E-state index contributed by atoms with van der Waals surface area (Å²) < 4.78 is 0. The van der Waals surface area contributed by atoms with E-state index in [0.717, 1.165) is 12.0 Å². The molecule has 0 aliphatic carbocycles. The number of alkyl halides is 1. The fraction of sp³-hybridized carbons (Fsp3) is 0.500. The van der Waals surface area contributed by atoms with Gasteiger partial charge >= 0.3 is 0 Å². The Balaban J connectivity index is 2.85. The smallest absolute Gasteiger partial charge is 0.258 e. The first-order valence-electron chi connectivity index (χ1n) is 5.29. The van der Waals surface area contributed by atoms with E-state index < -0.39 is 0 Å². The Morgan fingerprint density at radius 1 is 1.44 bits per heavy atom. The topological polar surface area (TPSA) is 43.1 Å². The van der Waals surface area contributed by atoms with Crippen LogP contribution in [0.2, 0.25) is 0 Å². The van der Waals surface area contributed by atoms with E-state index in [0.29, 0.717) is 11.5 Å². The van der Waals surface area contributed by atoms with Gasteiger partial charge in [0, 0.05) is 17.0 Å². The third kappa shape index (κ3) is 3.20. The van der Waals surface area contributed by atoms with Crippen molar-refractivity contribution in [3.63, 3.8) is 0 Å². The van der Waals surface area contributed by atoms with Crippen LogP contribution >= 0.6 is 11.6 Å². The molecule has 0 N–H and O–H groups in total. The molecule has 16 heavy (non-hydrogen) atoms. The molecule has 0 radical (unpaired) electrons. The summed E-state index contributed by atoms with van der Waals surface area (Å²) in [6.07, 6.45) is 0.748. The Morgan fingerprint density at radius 3 is 2.50 bits per heavy atom. The van der Waals surface area contributed by atoms with Crippen LogP contribution in [0.3, 0.4) is 0 Å². The number of aryl methyl sites for hydroxylation is 1. The molecule has 1 unspecified atom stereocenters. The van der Waals surface area contributed by atoms with Crippen LogP contribution in [0.15, 0.2) is 18.2 Å². The molecule has 0 bridgehead atoms. The number of nitro benzene ring substituents is 1. The summed E-state index contributed by atoms with van der Waals surface area (Å²) in [7, 11) is 0. The molecule has 0 aromatic heterocycles. The van der Waals surface area contributed by atoms with Crippen molar-refractivity contribution >= 4 is 17.3 Å². The summed E-state index contributed by atoms with van der Waals surface area (Å²) in [5.74, 6) is 0.400. The Kier molecular flexibility index (Phi) is 4.30. The maximum Gasteiger partial charge on any atom is 0.272 e. The highest BCUT2D eigenvalue weighted by Gasteiger charge is 2.14. The first-order chi connectivity index (χ1) is 7.41. The highest BCUT2D eigenvalue weighted by atomic mass is 35.5. The minimum atomic E-state index is -0.361. The van der Waals surface area contributed by atoms with Crippen LogP contribution in [-0.4, -0.2) is 10.3 Å². The van der Waals surface area contributed by atoms with Crippen LogP contribution in [0, 0.1) is 23.0 Å². The zero-order chi connectivity index (χ0) is 12.3. The van der Waals surface area contributed by atoms with Gasteiger partial charge in [0.25, 0.3) is 5.69 Å². The Bertz CT molecular complexity index is 391. The summed E-state index contributed by atoms with van der Waals surface area (Å²) in [5.41, 5.74) is 1.91. The van der Waals surface area contributed by atoms with Crippen LogP contribution in [0.4, 0.5) is 5.69 Å². The molecule has 3 nitrogen and oxygen atoms in total. The maximum atomic E-state index is 10.6. The number of halogens is 1. The second kappa shape index (κ2) is 5.30. The second-order valence-electron chi connectivity index (χ2n) is 4.34. The van der Waals surface area contributed by atoms with Gasteiger partial charge in [-0.25, -0.2) is 0 Å². The minimum absolute atomic E-state index is 0.0702. The monoisotopic (exact) mass is 241 g/mol. The molecule has 1 rings (SSSR count). The number of nitrogens with zero attached hydrogens (tertiary/aromatic N) is 1. The molecule has 4 heteroatoms. The molecule has 0 amide bonds. The van der Waals surface area contributed by atoms with Gasteiger partial charge in [0.2, 0.25) is 0 Å². The Morgan fingerprint density at radius 2 is 2.06 bits per heavy atom. The standard InChI is InChI=1S/C12H16ClNO2/c1-8(2)11(13)7-10-4-5-12(14(15)16)9(3)6-10/h4-6,8,11H,7H2,1-3H3. The summed E-state index contributed by atoms with van der Waals surface area (Å²) in [6, 6.07) is 5.17. The zero-order valence-electron chi connectivity index (χ0n) is 9.74. The highest BCUT2D eigenvalue weighted by molar-refractivity contribution is 6.20. The van der Waals surface area contributed by atoms with E-state index in [9.17, 15) is 10.1 Å². The van der Waals surface area contributed by atoms with Gasteiger partial charge in [-0.1, -0.05) is 19.9 Å². The van der Waals surface area contributed by atoms with E-state index in [1.54, 1.807) is 19.1 Å². The lowest BCUT2D eigenvalue weighted by Gasteiger charge is -2.13. The van der Waals surface area contributed by atoms with Gasteiger partial charge in [-0.05, 0) is 30.9 Å². The lowest BCUT2D eigenvalue weighted by Crippen LogP contribution is -2.11. The Hall–Kier alpha value is -1.09. The molecule has 0 aliphatic heterocycles. The van der Waals surface area contributed by atoms with Crippen molar-refractivity contribution in [2.75, 3.05) is 0 Å². The average Bonchev–Trinajstić information content (AvgIpc) is 2.16. The minimum Gasteiger partial charge on any atom is -0.258 e. The lowest BCUT2D eigenvalue weighted by molar-refractivity contribution is -0.385. The predicted molar refractivity (Wildman–Crippen MR) is 66.0 cm³/mol. The van der Waals surface area contributed by atoms with Crippen molar-refractivity contribution in [1.82, 2.24) is 0 Å². The number of rotatable bonds is 4. The lowest BCUT2D eigenvalue weighted by atomic mass is 10.0. The summed E-state index contributed by atoms with van der Waals surface area (Å²) >= 11 is 6.17. The van der Waals surface area contributed by atoms with E-state index in [4.69, 9.17) is 11.6 Å². The van der Waals surface area contributed by atoms with Crippen LogP contribution < -0.4 is 0 Å². The zero-order valence-corrected chi connectivity index (χ0v) is 10.5. The third-order valence-corrected chi connectivity index (χ3v) is 3.27. The molecular formula is C12H16ClNO2. The molecule has 0 fully saturated rings. The molecule has 0 heterocycles. The SMILES string of the molecule is Cc1cc(CC(Cl)C(C)C)ccc1[N+](=O)[O-]. The maximum absolute atomic E-state index is 10.6. The molecule has 1 aromatic rings. The third-order valence-electron chi connectivity index (χ3n) is 2.61. The van der Waals surface area contributed by atoms with Gasteiger partial charge in [0.15, 0.2) is 0 Å².